The molecule has 0 aromatic heterocycles. The molecule has 8 nitrogen and oxygen atoms in total. The van der Waals surface area contributed by atoms with E-state index in [1.54, 1.807) is 25.1 Å². The first-order valence-corrected chi connectivity index (χ1v) is 18.3. The van der Waals surface area contributed by atoms with Crippen LogP contribution in [0.4, 0.5) is 10.5 Å². The third kappa shape index (κ3) is 6.43. The van der Waals surface area contributed by atoms with Gasteiger partial charge in [0, 0.05) is 48.4 Å². The lowest BCUT2D eigenvalue weighted by Crippen LogP contribution is -2.53. The van der Waals surface area contributed by atoms with E-state index in [4.69, 9.17) is 16.3 Å². The first kappa shape index (κ1) is 31.8. The molecule has 1 fully saturated rings. The molecular formula is C35H45ClN4O4S. The Labute approximate surface area is 272 Å². The van der Waals surface area contributed by atoms with E-state index >= 15 is 0 Å². The molecule has 1 spiro atoms. The number of anilines is 1. The number of halogens is 1. The van der Waals surface area contributed by atoms with Crippen LogP contribution in [0.5, 0.6) is 5.75 Å². The number of amides is 3. The number of nitrogens with one attached hydrogen (secondary N) is 2. The Bertz CT molecular complexity index is 1610. The van der Waals surface area contributed by atoms with E-state index in [0.29, 0.717) is 30.9 Å². The summed E-state index contributed by atoms with van der Waals surface area (Å²) in [6.45, 7) is 3.89. The maximum Gasteiger partial charge on any atom is 0.317 e. The number of hydrogen-bond donors (Lipinski definition) is 2. The summed E-state index contributed by atoms with van der Waals surface area (Å²) < 4.78 is 22.9. The highest BCUT2D eigenvalue weighted by Crippen LogP contribution is 2.46. The van der Waals surface area contributed by atoms with Crippen LogP contribution in [-0.4, -0.2) is 72.0 Å². The fourth-order valence-electron chi connectivity index (χ4n) is 7.48. The number of carbonyl (C=O) groups is 2. The lowest BCUT2D eigenvalue weighted by Gasteiger charge is -2.46. The molecule has 2 aromatic carbocycles. The second-order valence-electron chi connectivity index (χ2n) is 13.6. The number of aryl methyl sites for hydroxylation is 1. The summed E-state index contributed by atoms with van der Waals surface area (Å²) >= 11 is 6.43. The van der Waals surface area contributed by atoms with Crippen LogP contribution in [0.15, 0.2) is 48.6 Å². The minimum atomic E-state index is -2.91. The van der Waals surface area contributed by atoms with Gasteiger partial charge in [-0.3, -0.25) is 9.52 Å². The van der Waals surface area contributed by atoms with Crippen LogP contribution in [0.2, 0.25) is 5.02 Å². The summed E-state index contributed by atoms with van der Waals surface area (Å²) in [6, 6.07) is 11.5. The summed E-state index contributed by atoms with van der Waals surface area (Å²) in [7, 11) is 0.611. The molecule has 242 valence electrons. The quantitative estimate of drug-likeness (QED) is 0.310. The van der Waals surface area contributed by atoms with E-state index < -0.39 is 15.6 Å². The molecule has 6 atom stereocenters. The molecule has 1 saturated carbocycles. The average Bonchev–Trinajstić information content (AvgIpc) is 3.13. The Morgan fingerprint density at radius 2 is 2.02 bits per heavy atom. The van der Waals surface area contributed by atoms with E-state index in [0.717, 1.165) is 61.7 Å². The van der Waals surface area contributed by atoms with Crippen molar-refractivity contribution in [1.29, 1.82) is 0 Å². The van der Waals surface area contributed by atoms with Crippen LogP contribution < -0.4 is 19.7 Å². The normalized spacial score (nSPS) is 32.1. The molecule has 6 rings (SSSR count). The van der Waals surface area contributed by atoms with E-state index in [1.165, 1.54) is 11.1 Å². The molecule has 3 amide bonds. The molecule has 4 aliphatic rings. The zero-order chi connectivity index (χ0) is 31.9. The summed E-state index contributed by atoms with van der Waals surface area (Å²) in [6.07, 6.45) is 10.5. The van der Waals surface area contributed by atoms with Crippen molar-refractivity contribution in [3.8, 4) is 5.75 Å². The molecular weight excluding hydrogens is 608 g/mol. The fraction of sp³-hybridized carbons (Fsp3) is 0.514. The van der Waals surface area contributed by atoms with Gasteiger partial charge in [0.25, 0.3) is 5.91 Å². The van der Waals surface area contributed by atoms with Gasteiger partial charge in [0.2, 0.25) is 0 Å². The van der Waals surface area contributed by atoms with Gasteiger partial charge in [-0.25, -0.2) is 9.00 Å². The standard InChI is InChI=1S/C35H45ClN4O4S/c1-23-8-5-6-10-30(37-34(42)39(2)3)28-14-11-26(28)20-40-21-35(17-7-9-24-18-27(36)13-15-29(24)35)22-44-32-16-12-25(19-31(32)40)33(41)38-45(23,4)43/h6,10,12-13,15-16,18-19,23,26,28,30H,4-5,7-9,11,14,17,20-22H2,1-3H3,(H,37,42)(H,38,41,43)/b10-6+/t23-,26+,28-,30+,35+,45?/m1/s1. The highest BCUT2D eigenvalue weighted by molar-refractivity contribution is 7.99. The predicted octanol–water partition coefficient (Wildman–Crippen LogP) is 5.58. The number of urea groups is 1. The predicted molar refractivity (Wildman–Crippen MR) is 183 cm³/mol. The van der Waals surface area contributed by atoms with Crippen molar-refractivity contribution in [2.45, 2.75) is 68.6 Å². The summed E-state index contributed by atoms with van der Waals surface area (Å²) in [5.41, 5.74) is 3.62. The second kappa shape index (κ2) is 12.6. The largest absolute Gasteiger partial charge is 0.490 e. The Hall–Kier alpha value is -3.17. The lowest BCUT2D eigenvalue weighted by molar-refractivity contribution is 0.0982. The van der Waals surface area contributed by atoms with Crippen molar-refractivity contribution in [2.24, 2.45) is 11.8 Å². The number of ether oxygens (including phenoxy) is 1. The molecule has 1 unspecified atom stereocenters. The van der Waals surface area contributed by atoms with E-state index in [-0.39, 0.29) is 28.7 Å². The number of hydrogen-bond acceptors (Lipinski definition) is 5. The highest BCUT2D eigenvalue weighted by atomic mass is 35.5. The minimum Gasteiger partial charge on any atom is -0.490 e. The average molecular weight is 653 g/mol. The van der Waals surface area contributed by atoms with Crippen LogP contribution in [0, 0.1) is 11.8 Å². The third-order valence-corrected chi connectivity index (χ3v) is 12.7. The molecule has 45 heavy (non-hydrogen) atoms. The number of rotatable bonds is 1. The number of carbonyl (C=O) groups excluding carboxylic acids is 2. The van der Waals surface area contributed by atoms with Crippen LogP contribution in [0.1, 0.15) is 66.9 Å². The topological polar surface area (TPSA) is 91.0 Å². The molecule has 0 radical (unpaired) electrons. The molecule has 2 aliphatic carbocycles. The van der Waals surface area contributed by atoms with Crippen LogP contribution in [-0.2, 0) is 21.5 Å². The van der Waals surface area contributed by atoms with Crippen LogP contribution in [0.3, 0.4) is 0 Å². The molecule has 2 N–H and O–H groups in total. The van der Waals surface area contributed by atoms with E-state index in [2.05, 4.69) is 45.1 Å². The Balaban J connectivity index is 1.42. The van der Waals surface area contributed by atoms with E-state index in [9.17, 15) is 13.8 Å². The van der Waals surface area contributed by atoms with Gasteiger partial charge in [-0.15, -0.1) is 0 Å². The van der Waals surface area contributed by atoms with Gasteiger partial charge in [0.15, 0.2) is 0 Å². The lowest BCUT2D eigenvalue weighted by atomic mass is 9.68. The monoisotopic (exact) mass is 652 g/mol. The van der Waals surface area contributed by atoms with E-state index in [1.807, 2.05) is 25.1 Å². The van der Waals surface area contributed by atoms with Crippen molar-refractivity contribution >= 4 is 44.8 Å². The fourth-order valence-corrected chi connectivity index (χ4v) is 8.83. The van der Waals surface area contributed by atoms with Crippen molar-refractivity contribution in [2.75, 3.05) is 38.7 Å². The highest BCUT2D eigenvalue weighted by Gasteiger charge is 2.44. The summed E-state index contributed by atoms with van der Waals surface area (Å²) in [5, 5.41) is 3.67. The first-order valence-electron chi connectivity index (χ1n) is 16.1. The van der Waals surface area contributed by atoms with Gasteiger partial charge in [0.1, 0.15) is 5.75 Å². The molecule has 2 bridgehead atoms. The smallest absolute Gasteiger partial charge is 0.317 e. The van der Waals surface area contributed by atoms with Crippen molar-refractivity contribution in [3.63, 3.8) is 0 Å². The Morgan fingerprint density at radius 3 is 2.78 bits per heavy atom. The second-order valence-corrected chi connectivity index (χ2v) is 16.5. The van der Waals surface area contributed by atoms with Crippen LogP contribution in [0.25, 0.3) is 0 Å². The van der Waals surface area contributed by atoms with Crippen molar-refractivity contribution in [1.82, 2.24) is 14.9 Å². The van der Waals surface area contributed by atoms with Gasteiger partial charge in [0.05, 0.1) is 28.0 Å². The number of allylic oxidation sites excluding steroid dienone is 1. The van der Waals surface area contributed by atoms with Gasteiger partial charge >= 0.3 is 6.03 Å². The molecule has 2 aliphatic heterocycles. The third-order valence-electron chi connectivity index (χ3n) is 10.4. The zero-order valence-corrected chi connectivity index (χ0v) is 28.1. The molecule has 2 aromatic rings. The van der Waals surface area contributed by atoms with Gasteiger partial charge in [-0.05, 0) is 111 Å². The van der Waals surface area contributed by atoms with Crippen LogP contribution >= 0.6 is 11.6 Å². The number of benzene rings is 2. The van der Waals surface area contributed by atoms with Crippen molar-refractivity contribution in [3.05, 3.63) is 70.3 Å². The summed E-state index contributed by atoms with van der Waals surface area (Å²) in [5.74, 6) is 4.88. The Morgan fingerprint density at radius 1 is 1.20 bits per heavy atom. The maximum atomic E-state index is 13.6. The van der Waals surface area contributed by atoms with Gasteiger partial charge < -0.3 is 19.9 Å². The Kier molecular flexibility index (Phi) is 8.87. The zero-order valence-electron chi connectivity index (χ0n) is 26.5. The molecule has 0 saturated heterocycles. The molecule has 10 heteroatoms. The van der Waals surface area contributed by atoms with Crippen molar-refractivity contribution < 1.29 is 18.5 Å². The number of fused-ring (bicyclic) bond motifs is 4. The maximum absolute atomic E-state index is 13.6. The molecule has 2 heterocycles. The van der Waals surface area contributed by atoms with Gasteiger partial charge in [-0.1, -0.05) is 29.8 Å². The summed E-state index contributed by atoms with van der Waals surface area (Å²) in [4.78, 5) is 30.3. The SMILES string of the molecule is C=S1(=O)NC(=O)c2ccc3c(c2)N(C[C@@H]2CC[C@H]2[C@@H](NC(=O)N(C)C)/C=C/CC[C@H]1C)C[C@@]1(CCCc2cc(Cl)ccc21)CO3. The first-order chi connectivity index (χ1) is 21.5. The van der Waals surface area contributed by atoms with Gasteiger partial charge in [-0.2, -0.15) is 0 Å². The minimum absolute atomic E-state index is 0.115. The number of nitrogens with zero attached hydrogens (tertiary/aromatic N) is 2.